The van der Waals surface area contributed by atoms with E-state index < -0.39 is 96.2 Å². The van der Waals surface area contributed by atoms with Gasteiger partial charge in [0.2, 0.25) is 35.4 Å². The zero-order chi connectivity index (χ0) is 40.4. The first-order valence-electron chi connectivity index (χ1n) is 18.4. The largest absolute Gasteiger partial charge is 0.480 e. The number of unbranched alkanes of at least 4 members (excludes halogenated alkanes) is 2. The molecule has 1 fully saturated rings. The zero-order valence-electron chi connectivity index (χ0n) is 31.3. The molecule has 6 amide bonds. The molecule has 2 heterocycles. The molecule has 1 aromatic heterocycles. The summed E-state index contributed by atoms with van der Waals surface area (Å²) in [7, 11) is 0. The topological polar surface area (TPSA) is 330 Å². The third-order valence-corrected chi connectivity index (χ3v) is 9.11. The van der Waals surface area contributed by atoms with E-state index in [0.29, 0.717) is 50.9 Å². The lowest BCUT2D eigenvalue weighted by Crippen LogP contribution is -2.60. The maximum absolute atomic E-state index is 13.9. The number of nitrogens with one attached hydrogen (secondary N) is 6. The molecule has 1 aromatic rings. The van der Waals surface area contributed by atoms with Crippen molar-refractivity contribution in [3.05, 3.63) is 18.2 Å². The predicted molar refractivity (Wildman–Crippen MR) is 196 cm³/mol. The molecule has 1 aliphatic rings. The summed E-state index contributed by atoms with van der Waals surface area (Å²) >= 11 is 0. The number of amides is 6. The van der Waals surface area contributed by atoms with Crippen molar-refractivity contribution in [2.75, 3.05) is 26.2 Å². The molecule has 14 N–H and O–H groups in total. The Balaban J connectivity index is 2.26. The highest BCUT2D eigenvalue weighted by Gasteiger charge is 2.39. The van der Waals surface area contributed by atoms with E-state index >= 15 is 0 Å². The van der Waals surface area contributed by atoms with Crippen molar-refractivity contribution in [3.8, 4) is 0 Å². The summed E-state index contributed by atoms with van der Waals surface area (Å²) in [5.74, 6) is -5.68. The third kappa shape index (κ3) is 14.3. The van der Waals surface area contributed by atoms with E-state index in [2.05, 4.69) is 36.6 Å². The van der Waals surface area contributed by atoms with Crippen LogP contribution >= 0.6 is 0 Å². The maximum atomic E-state index is 13.9. The van der Waals surface area contributed by atoms with Crippen LogP contribution in [-0.4, -0.2) is 135 Å². The molecule has 0 saturated carbocycles. The van der Waals surface area contributed by atoms with Crippen LogP contribution in [0.15, 0.2) is 12.5 Å². The second-order valence-electron chi connectivity index (χ2n) is 13.8. The molecule has 54 heavy (non-hydrogen) atoms. The van der Waals surface area contributed by atoms with Crippen molar-refractivity contribution in [1.29, 1.82) is 0 Å². The van der Waals surface area contributed by atoms with Crippen molar-refractivity contribution >= 4 is 41.4 Å². The van der Waals surface area contributed by atoms with Crippen LogP contribution in [0.5, 0.6) is 0 Å². The van der Waals surface area contributed by atoms with Crippen molar-refractivity contribution in [3.63, 3.8) is 0 Å². The minimum Gasteiger partial charge on any atom is -0.480 e. The quantitative estimate of drug-likeness (QED) is 0.0460. The van der Waals surface area contributed by atoms with E-state index in [1.807, 2.05) is 0 Å². The van der Waals surface area contributed by atoms with Gasteiger partial charge in [0, 0.05) is 24.9 Å². The number of carbonyl (C=O) groups is 7. The summed E-state index contributed by atoms with van der Waals surface area (Å²) in [4.78, 5) is 100.0. The van der Waals surface area contributed by atoms with Crippen LogP contribution in [-0.2, 0) is 40.0 Å². The Morgan fingerprint density at radius 1 is 0.833 bits per heavy atom. The molecule has 1 saturated heterocycles. The van der Waals surface area contributed by atoms with Crippen LogP contribution in [0, 0.1) is 5.92 Å². The van der Waals surface area contributed by atoms with Gasteiger partial charge in [0.1, 0.15) is 42.3 Å². The summed E-state index contributed by atoms with van der Waals surface area (Å²) in [5.41, 5.74) is 17.4. The van der Waals surface area contributed by atoms with Crippen LogP contribution in [0.3, 0.4) is 0 Å². The number of hydrogen-bond donors (Lipinski definition) is 11. The summed E-state index contributed by atoms with van der Waals surface area (Å²) < 4.78 is 0. The molecule has 0 unspecified atom stereocenters. The molecule has 20 heteroatoms. The van der Waals surface area contributed by atoms with Crippen molar-refractivity contribution in [1.82, 2.24) is 41.5 Å². The number of aromatic amines is 1. The van der Waals surface area contributed by atoms with Crippen LogP contribution in [0.1, 0.15) is 77.8 Å². The number of carboxylic acids is 1. The van der Waals surface area contributed by atoms with Crippen molar-refractivity contribution in [2.24, 2.45) is 23.1 Å². The highest BCUT2D eigenvalue weighted by molar-refractivity contribution is 5.97. The molecular weight excluding hydrogens is 706 g/mol. The molecular formula is C34H59N11O9. The summed E-state index contributed by atoms with van der Waals surface area (Å²) in [6.07, 6.45) is 5.84. The minimum atomic E-state index is -1.24. The number of hydrogen-bond acceptors (Lipinski definition) is 12. The zero-order valence-corrected chi connectivity index (χ0v) is 31.3. The van der Waals surface area contributed by atoms with Gasteiger partial charge in [-0.2, -0.15) is 0 Å². The van der Waals surface area contributed by atoms with E-state index in [-0.39, 0.29) is 32.2 Å². The Bertz CT molecular complexity index is 1390. The first-order chi connectivity index (χ1) is 25.6. The standard InChI is InChI=1S/C34H59N11O9/c1-19(2)27(44-29(48)22(37)17-46)32(51)40-20(3)28(47)41-23(9-4-6-12-35)30(49)42-24(10-5-7-13-36)31(50)43-25(15-21-16-38-18-39-21)33(52)45-14-8-11-26(45)34(53)54/h16,18-20,22-27,46H,4-15,17,35-37H2,1-3H3,(H,38,39)(H,40,51)(H,41,47)(H,42,49)(H,43,50)(H,44,48)(H,53,54)/t20-,22-,23-,24-,25-,26-,27-/m0/s1. The summed E-state index contributed by atoms with van der Waals surface area (Å²) in [6, 6.07) is -8.03. The molecule has 304 valence electrons. The number of aliphatic hydroxyl groups is 1. The van der Waals surface area contributed by atoms with E-state index in [9.17, 15) is 43.8 Å². The number of imidazole rings is 1. The van der Waals surface area contributed by atoms with Gasteiger partial charge in [-0.25, -0.2) is 9.78 Å². The van der Waals surface area contributed by atoms with Crippen LogP contribution in [0.2, 0.25) is 0 Å². The molecule has 1 aliphatic heterocycles. The van der Waals surface area contributed by atoms with Crippen molar-refractivity contribution < 1.29 is 43.8 Å². The molecule has 0 aliphatic carbocycles. The fourth-order valence-electron chi connectivity index (χ4n) is 5.92. The number of carbonyl (C=O) groups excluding carboxylic acids is 6. The predicted octanol–water partition coefficient (Wildman–Crippen LogP) is -3.29. The monoisotopic (exact) mass is 765 g/mol. The lowest BCUT2D eigenvalue weighted by Gasteiger charge is -2.29. The Morgan fingerprint density at radius 2 is 1.41 bits per heavy atom. The van der Waals surface area contributed by atoms with Gasteiger partial charge in [0.05, 0.1) is 12.9 Å². The van der Waals surface area contributed by atoms with Gasteiger partial charge in [-0.05, 0) is 77.3 Å². The Kier molecular flexibility index (Phi) is 19.5. The number of H-pyrrole nitrogens is 1. The Morgan fingerprint density at radius 3 is 1.91 bits per heavy atom. The average Bonchev–Trinajstić information content (AvgIpc) is 3.85. The highest BCUT2D eigenvalue weighted by Crippen LogP contribution is 2.20. The number of carboxylic acid groups (broad SMARTS) is 1. The van der Waals surface area contributed by atoms with Gasteiger partial charge >= 0.3 is 5.97 Å². The van der Waals surface area contributed by atoms with Gasteiger partial charge in [-0.1, -0.05) is 13.8 Å². The van der Waals surface area contributed by atoms with Gasteiger partial charge in [0.15, 0.2) is 0 Å². The lowest BCUT2D eigenvalue weighted by atomic mass is 10.0. The smallest absolute Gasteiger partial charge is 0.326 e. The number of aromatic nitrogens is 2. The number of nitrogens with zero attached hydrogens (tertiary/aromatic N) is 2. The van der Waals surface area contributed by atoms with E-state index in [4.69, 9.17) is 17.2 Å². The fraction of sp³-hybridized carbons (Fsp3) is 0.706. The third-order valence-electron chi connectivity index (χ3n) is 9.11. The van der Waals surface area contributed by atoms with E-state index in [0.717, 1.165) is 0 Å². The number of aliphatic carboxylic acids is 1. The maximum Gasteiger partial charge on any atom is 0.326 e. The number of aliphatic hydroxyl groups excluding tert-OH is 1. The molecule has 2 rings (SSSR count). The van der Waals surface area contributed by atoms with Gasteiger partial charge < -0.3 is 63.9 Å². The second kappa shape index (κ2) is 23.2. The molecule has 0 bridgehead atoms. The van der Waals surface area contributed by atoms with Gasteiger partial charge in [0.25, 0.3) is 0 Å². The Hall–Kier alpha value is -4.66. The molecule has 0 radical (unpaired) electrons. The number of nitrogens with two attached hydrogens (primary N) is 3. The summed E-state index contributed by atoms with van der Waals surface area (Å²) in [6.45, 7) is 4.97. The van der Waals surface area contributed by atoms with Crippen LogP contribution in [0.4, 0.5) is 0 Å². The highest BCUT2D eigenvalue weighted by atomic mass is 16.4. The van der Waals surface area contributed by atoms with Gasteiger partial charge in [-0.15, -0.1) is 0 Å². The number of likely N-dealkylation sites (tertiary alicyclic amines) is 1. The first kappa shape index (κ1) is 45.5. The van der Waals surface area contributed by atoms with E-state index in [1.54, 1.807) is 13.8 Å². The molecule has 0 aromatic carbocycles. The summed E-state index contributed by atoms with van der Waals surface area (Å²) in [5, 5.41) is 32.0. The first-order valence-corrected chi connectivity index (χ1v) is 18.4. The Labute approximate surface area is 314 Å². The minimum absolute atomic E-state index is 0.0200. The SMILES string of the molecule is CC(C)[C@H](NC(=O)[C@@H](N)CO)C(=O)N[C@@H](C)C(=O)N[C@@H](CCCCN)C(=O)N[C@@H](CCCCN)C(=O)N[C@@H](Cc1cnc[nH]1)C(=O)N1CCC[C@H]1C(=O)O. The van der Waals surface area contributed by atoms with Gasteiger partial charge in [-0.3, -0.25) is 28.8 Å². The molecule has 0 spiro atoms. The molecule has 20 nitrogen and oxygen atoms in total. The van der Waals surface area contributed by atoms with Crippen LogP contribution < -0.4 is 43.8 Å². The van der Waals surface area contributed by atoms with E-state index in [1.165, 1.54) is 24.3 Å². The second-order valence-corrected chi connectivity index (χ2v) is 13.8. The lowest BCUT2D eigenvalue weighted by molar-refractivity contribution is -0.149. The fourth-order valence-corrected chi connectivity index (χ4v) is 5.92. The average molecular weight is 766 g/mol. The normalized spacial score (nSPS) is 17.4. The molecule has 7 atom stereocenters. The number of rotatable bonds is 24. The van der Waals surface area contributed by atoms with Crippen molar-refractivity contribution in [2.45, 2.75) is 121 Å². The van der Waals surface area contributed by atoms with Crippen LogP contribution in [0.25, 0.3) is 0 Å².